The predicted octanol–water partition coefficient (Wildman–Crippen LogP) is 1.56. The number of aliphatic carboxylic acids is 1. The first-order valence-corrected chi connectivity index (χ1v) is 4.82. The lowest BCUT2D eigenvalue weighted by molar-refractivity contribution is -0.138. The Morgan fingerprint density at radius 2 is 2.27 bits per heavy atom. The summed E-state index contributed by atoms with van der Waals surface area (Å²) in [4.78, 5) is 10.4. The monoisotopic (exact) mass is 211 g/mol. The molecule has 4 heteroatoms. The first kappa shape index (κ1) is 11.7. The molecule has 1 aromatic carbocycles. The van der Waals surface area contributed by atoms with E-state index in [-0.39, 0.29) is 5.82 Å². The Hall–Kier alpha value is -1.42. The minimum atomic E-state index is -0.991. The summed E-state index contributed by atoms with van der Waals surface area (Å²) in [5, 5.41) is 8.54. The van der Waals surface area contributed by atoms with E-state index in [9.17, 15) is 9.18 Å². The van der Waals surface area contributed by atoms with Crippen molar-refractivity contribution in [2.24, 2.45) is 5.73 Å². The number of hydrogen-bond donors (Lipinski definition) is 2. The Bertz CT molecular complexity index is 341. The standard InChI is InChI=1S/C11H14FNO2/c12-9-5-1-3-8(7-9)4-2-6-10(13)11(14)15/h1,3,5,7,10H,2,4,6,13H2,(H,14,15)/t10-/m1/s1. The van der Waals surface area contributed by atoms with Gasteiger partial charge in [0.1, 0.15) is 11.9 Å². The summed E-state index contributed by atoms with van der Waals surface area (Å²) < 4.78 is 12.8. The Morgan fingerprint density at radius 3 is 2.87 bits per heavy atom. The second kappa shape index (κ2) is 5.46. The van der Waals surface area contributed by atoms with Crippen LogP contribution in [0.3, 0.4) is 0 Å². The number of hydrogen-bond acceptors (Lipinski definition) is 2. The molecule has 82 valence electrons. The highest BCUT2D eigenvalue weighted by atomic mass is 19.1. The lowest BCUT2D eigenvalue weighted by Gasteiger charge is -2.05. The molecule has 0 saturated heterocycles. The van der Waals surface area contributed by atoms with Crippen molar-refractivity contribution in [3.05, 3.63) is 35.6 Å². The van der Waals surface area contributed by atoms with Crippen molar-refractivity contribution in [1.29, 1.82) is 0 Å². The van der Waals surface area contributed by atoms with E-state index in [4.69, 9.17) is 10.8 Å². The van der Waals surface area contributed by atoms with Crippen LogP contribution in [-0.4, -0.2) is 17.1 Å². The molecule has 0 saturated carbocycles. The van der Waals surface area contributed by atoms with Crippen LogP contribution in [0.2, 0.25) is 0 Å². The molecule has 0 aliphatic rings. The third-order valence-corrected chi connectivity index (χ3v) is 2.19. The van der Waals surface area contributed by atoms with E-state index in [0.29, 0.717) is 19.3 Å². The van der Waals surface area contributed by atoms with Crippen molar-refractivity contribution < 1.29 is 14.3 Å². The van der Waals surface area contributed by atoms with Crippen LogP contribution >= 0.6 is 0 Å². The number of carboxylic acid groups (broad SMARTS) is 1. The molecule has 0 radical (unpaired) electrons. The van der Waals surface area contributed by atoms with Gasteiger partial charge in [-0.3, -0.25) is 4.79 Å². The zero-order chi connectivity index (χ0) is 11.3. The number of benzene rings is 1. The van der Waals surface area contributed by atoms with Gasteiger partial charge in [0.05, 0.1) is 0 Å². The zero-order valence-corrected chi connectivity index (χ0v) is 8.32. The number of nitrogens with two attached hydrogens (primary N) is 1. The Labute approximate surface area is 87.7 Å². The van der Waals surface area contributed by atoms with E-state index in [1.165, 1.54) is 12.1 Å². The smallest absolute Gasteiger partial charge is 0.320 e. The van der Waals surface area contributed by atoms with E-state index in [1.54, 1.807) is 6.07 Å². The lowest BCUT2D eigenvalue weighted by atomic mass is 10.1. The van der Waals surface area contributed by atoms with Gasteiger partial charge in [0.15, 0.2) is 0 Å². The SMILES string of the molecule is N[C@H](CCCc1cccc(F)c1)C(=O)O. The van der Waals surface area contributed by atoms with E-state index < -0.39 is 12.0 Å². The molecule has 0 amide bonds. The van der Waals surface area contributed by atoms with Gasteiger partial charge in [-0.1, -0.05) is 12.1 Å². The molecule has 1 atom stereocenters. The fourth-order valence-corrected chi connectivity index (χ4v) is 1.34. The topological polar surface area (TPSA) is 63.3 Å². The Kier molecular flexibility index (Phi) is 4.24. The number of halogens is 1. The van der Waals surface area contributed by atoms with Gasteiger partial charge in [0.25, 0.3) is 0 Å². The second-order valence-electron chi connectivity index (χ2n) is 3.47. The van der Waals surface area contributed by atoms with Crippen molar-refractivity contribution in [2.45, 2.75) is 25.3 Å². The highest BCUT2D eigenvalue weighted by Gasteiger charge is 2.10. The molecule has 0 aliphatic heterocycles. The van der Waals surface area contributed by atoms with Crippen LogP contribution in [0, 0.1) is 5.82 Å². The van der Waals surface area contributed by atoms with Crippen LogP contribution in [0.1, 0.15) is 18.4 Å². The highest BCUT2D eigenvalue weighted by Crippen LogP contribution is 2.08. The van der Waals surface area contributed by atoms with E-state index >= 15 is 0 Å². The quantitative estimate of drug-likeness (QED) is 0.776. The maximum atomic E-state index is 12.8. The van der Waals surface area contributed by atoms with Crippen LogP contribution in [0.15, 0.2) is 24.3 Å². The molecular weight excluding hydrogens is 197 g/mol. The van der Waals surface area contributed by atoms with Crippen LogP contribution in [-0.2, 0) is 11.2 Å². The van der Waals surface area contributed by atoms with Gasteiger partial charge in [-0.15, -0.1) is 0 Å². The highest BCUT2D eigenvalue weighted by molar-refractivity contribution is 5.72. The van der Waals surface area contributed by atoms with Crippen LogP contribution < -0.4 is 5.73 Å². The Morgan fingerprint density at radius 1 is 1.53 bits per heavy atom. The summed E-state index contributed by atoms with van der Waals surface area (Å²) in [5.41, 5.74) is 6.21. The molecule has 0 unspecified atom stereocenters. The molecule has 0 bridgehead atoms. The first-order chi connectivity index (χ1) is 7.09. The lowest BCUT2D eigenvalue weighted by Crippen LogP contribution is -2.29. The van der Waals surface area contributed by atoms with Gasteiger partial charge in [-0.05, 0) is 37.0 Å². The molecule has 0 aliphatic carbocycles. The molecule has 15 heavy (non-hydrogen) atoms. The third-order valence-electron chi connectivity index (χ3n) is 2.19. The molecule has 1 rings (SSSR count). The van der Waals surface area contributed by atoms with Crippen LogP contribution in [0.4, 0.5) is 4.39 Å². The minimum Gasteiger partial charge on any atom is -0.480 e. The summed E-state index contributed by atoms with van der Waals surface area (Å²) in [6, 6.07) is 5.47. The number of aryl methyl sites for hydroxylation is 1. The summed E-state index contributed by atoms with van der Waals surface area (Å²) in [6.07, 6.45) is 1.71. The summed E-state index contributed by atoms with van der Waals surface area (Å²) in [5.74, 6) is -1.26. The van der Waals surface area contributed by atoms with E-state index in [0.717, 1.165) is 5.56 Å². The zero-order valence-electron chi connectivity index (χ0n) is 8.32. The second-order valence-corrected chi connectivity index (χ2v) is 3.47. The molecular formula is C11H14FNO2. The fourth-order valence-electron chi connectivity index (χ4n) is 1.34. The van der Waals surface area contributed by atoms with Crippen molar-refractivity contribution in [1.82, 2.24) is 0 Å². The largest absolute Gasteiger partial charge is 0.480 e. The number of rotatable bonds is 5. The molecule has 3 nitrogen and oxygen atoms in total. The van der Waals surface area contributed by atoms with E-state index in [1.807, 2.05) is 6.07 Å². The van der Waals surface area contributed by atoms with Crippen molar-refractivity contribution in [3.63, 3.8) is 0 Å². The molecule has 0 aromatic heterocycles. The minimum absolute atomic E-state index is 0.268. The number of carbonyl (C=O) groups is 1. The van der Waals surface area contributed by atoms with Gasteiger partial charge in [0.2, 0.25) is 0 Å². The van der Waals surface area contributed by atoms with Gasteiger partial charge in [-0.25, -0.2) is 4.39 Å². The molecule has 1 aromatic rings. The molecule has 3 N–H and O–H groups in total. The summed E-state index contributed by atoms with van der Waals surface area (Å²) >= 11 is 0. The average Bonchev–Trinajstić information content (AvgIpc) is 2.17. The molecule has 0 spiro atoms. The first-order valence-electron chi connectivity index (χ1n) is 4.82. The van der Waals surface area contributed by atoms with Crippen LogP contribution in [0.5, 0.6) is 0 Å². The summed E-state index contributed by atoms with van der Waals surface area (Å²) in [7, 11) is 0. The van der Waals surface area contributed by atoms with E-state index in [2.05, 4.69) is 0 Å². The normalized spacial score (nSPS) is 12.4. The Balaban J connectivity index is 2.35. The molecule has 0 heterocycles. The maximum absolute atomic E-state index is 12.8. The van der Waals surface area contributed by atoms with Gasteiger partial charge >= 0.3 is 5.97 Å². The maximum Gasteiger partial charge on any atom is 0.320 e. The number of carboxylic acids is 1. The summed E-state index contributed by atoms with van der Waals surface area (Å²) in [6.45, 7) is 0. The fraction of sp³-hybridized carbons (Fsp3) is 0.364. The van der Waals surface area contributed by atoms with Gasteiger partial charge < -0.3 is 10.8 Å². The van der Waals surface area contributed by atoms with Crippen LogP contribution in [0.25, 0.3) is 0 Å². The van der Waals surface area contributed by atoms with Crippen molar-refractivity contribution >= 4 is 5.97 Å². The van der Waals surface area contributed by atoms with Crippen molar-refractivity contribution in [3.8, 4) is 0 Å². The third kappa shape index (κ3) is 4.08. The molecule has 0 fully saturated rings. The predicted molar refractivity (Wildman–Crippen MR) is 54.9 cm³/mol. The average molecular weight is 211 g/mol. The van der Waals surface area contributed by atoms with Gasteiger partial charge in [-0.2, -0.15) is 0 Å². The van der Waals surface area contributed by atoms with Crippen molar-refractivity contribution in [2.75, 3.05) is 0 Å². The van der Waals surface area contributed by atoms with Gasteiger partial charge in [0, 0.05) is 0 Å².